The third-order valence-electron chi connectivity index (χ3n) is 5.32. The molecule has 11 heteroatoms. The van der Waals surface area contributed by atoms with Gasteiger partial charge >= 0.3 is 0 Å². The smallest absolute Gasteiger partial charge is 0.265 e. The monoisotopic (exact) mass is 455 g/mol. The van der Waals surface area contributed by atoms with E-state index in [1.54, 1.807) is 0 Å². The summed E-state index contributed by atoms with van der Waals surface area (Å²) in [5.41, 5.74) is 2.93. The Morgan fingerprint density at radius 1 is 1.19 bits per heavy atom. The first kappa shape index (κ1) is 23.2. The summed E-state index contributed by atoms with van der Waals surface area (Å²) in [7, 11) is -4.12. The Balaban J connectivity index is 1.83. The largest absolute Gasteiger partial charge is 0.381 e. The second kappa shape index (κ2) is 8.93. The van der Waals surface area contributed by atoms with Crippen molar-refractivity contribution in [3.05, 3.63) is 42.4 Å². The summed E-state index contributed by atoms with van der Waals surface area (Å²) in [5, 5.41) is 9.10. The number of amides is 1. The fourth-order valence-corrected chi connectivity index (χ4v) is 5.37. The van der Waals surface area contributed by atoms with Crippen LogP contribution in [0.25, 0.3) is 11.3 Å². The number of nitrogens with one attached hydrogen (secondary N) is 1. The molecule has 1 fully saturated rings. The zero-order chi connectivity index (χ0) is 22.7. The minimum atomic E-state index is -4.12. The van der Waals surface area contributed by atoms with Gasteiger partial charge in [-0.2, -0.15) is 0 Å². The Hall–Kier alpha value is -2.50. The van der Waals surface area contributed by atoms with E-state index < -0.39 is 26.4 Å². The Morgan fingerprint density at radius 3 is 2.35 bits per heavy atom. The lowest BCUT2D eigenvalue weighted by Gasteiger charge is -2.34. The lowest BCUT2D eigenvalue weighted by Crippen LogP contribution is -2.54. The number of rotatable bonds is 7. The molecule has 1 aromatic heterocycles. The molecule has 0 bridgehead atoms. The van der Waals surface area contributed by atoms with E-state index in [4.69, 9.17) is 9.94 Å². The van der Waals surface area contributed by atoms with E-state index in [0.29, 0.717) is 17.0 Å². The maximum absolute atomic E-state index is 13.2. The number of hydrogen-bond donors (Lipinski definition) is 2. The van der Waals surface area contributed by atoms with Crippen LogP contribution < -0.4 is 5.48 Å². The van der Waals surface area contributed by atoms with Crippen molar-refractivity contribution >= 4 is 15.7 Å². The molecule has 1 aliphatic rings. The molecule has 0 spiro atoms. The Labute approximate surface area is 178 Å². The van der Waals surface area contributed by atoms with Crippen LogP contribution in [-0.4, -0.2) is 53.4 Å². The number of hydrogen-bond acceptors (Lipinski definition) is 7. The Morgan fingerprint density at radius 2 is 1.84 bits per heavy atom. The molecule has 0 atom stereocenters. The molecule has 31 heavy (non-hydrogen) atoms. The predicted molar refractivity (Wildman–Crippen MR) is 106 cm³/mol. The molecule has 0 unspecified atom stereocenters. The molecule has 2 heterocycles. The minimum Gasteiger partial charge on any atom is -0.381 e. The van der Waals surface area contributed by atoms with Gasteiger partial charge in [0.25, 0.3) is 5.91 Å². The maximum atomic E-state index is 13.2. The van der Waals surface area contributed by atoms with Gasteiger partial charge < -0.3 is 4.74 Å². The second-order valence-electron chi connectivity index (χ2n) is 7.54. The second-order valence-corrected chi connectivity index (χ2v) is 9.80. The highest BCUT2D eigenvalue weighted by Crippen LogP contribution is 2.35. The zero-order valence-corrected chi connectivity index (χ0v) is 17.7. The van der Waals surface area contributed by atoms with Gasteiger partial charge in [-0.15, -0.1) is 0 Å². The SMILES string of the molecule is CC(F)(F)CCc1cnc(-c2ccc(S(=O)(=O)C3(C(=O)NO)CCOCC3)cc2)cn1. The van der Waals surface area contributed by atoms with Crippen LogP contribution in [0, 0.1) is 0 Å². The normalized spacial score (nSPS) is 16.6. The van der Waals surface area contributed by atoms with E-state index in [1.807, 2.05) is 0 Å². The van der Waals surface area contributed by atoms with Gasteiger partial charge in [0.1, 0.15) is 0 Å². The van der Waals surface area contributed by atoms with Crippen LogP contribution in [0.15, 0.2) is 41.6 Å². The third kappa shape index (κ3) is 4.89. The summed E-state index contributed by atoms with van der Waals surface area (Å²) in [5.74, 6) is -3.77. The zero-order valence-electron chi connectivity index (χ0n) is 16.8. The molecule has 1 aromatic carbocycles. The van der Waals surface area contributed by atoms with Crippen molar-refractivity contribution in [3.8, 4) is 11.3 Å². The summed E-state index contributed by atoms with van der Waals surface area (Å²) < 4.78 is 55.8. The first-order chi connectivity index (χ1) is 14.6. The number of halogens is 2. The molecule has 3 rings (SSSR count). The van der Waals surface area contributed by atoms with Crippen LogP contribution >= 0.6 is 0 Å². The van der Waals surface area contributed by atoms with Crippen LogP contribution in [0.5, 0.6) is 0 Å². The highest BCUT2D eigenvalue weighted by atomic mass is 32.2. The van der Waals surface area contributed by atoms with E-state index >= 15 is 0 Å². The molecule has 1 amide bonds. The molecule has 2 N–H and O–H groups in total. The van der Waals surface area contributed by atoms with E-state index in [1.165, 1.54) is 42.1 Å². The topological polar surface area (TPSA) is 118 Å². The summed E-state index contributed by atoms with van der Waals surface area (Å²) >= 11 is 0. The van der Waals surface area contributed by atoms with Crippen LogP contribution in [-0.2, 0) is 25.8 Å². The van der Waals surface area contributed by atoms with E-state index in [-0.39, 0.29) is 43.8 Å². The van der Waals surface area contributed by atoms with Gasteiger partial charge in [0.05, 0.1) is 22.5 Å². The summed E-state index contributed by atoms with van der Waals surface area (Å²) in [4.78, 5) is 20.6. The lowest BCUT2D eigenvalue weighted by atomic mass is 9.98. The van der Waals surface area contributed by atoms with E-state index in [0.717, 1.165) is 6.92 Å². The average molecular weight is 455 g/mol. The number of ether oxygens (including phenoxy) is 1. The number of carbonyl (C=O) groups excluding carboxylic acids is 1. The molecule has 8 nitrogen and oxygen atoms in total. The number of carbonyl (C=O) groups is 1. The van der Waals surface area contributed by atoms with Crippen molar-refractivity contribution in [3.63, 3.8) is 0 Å². The van der Waals surface area contributed by atoms with Gasteiger partial charge in [0, 0.05) is 31.4 Å². The molecular weight excluding hydrogens is 432 g/mol. The molecule has 1 saturated heterocycles. The van der Waals surface area contributed by atoms with Crippen LogP contribution in [0.1, 0.15) is 31.9 Å². The molecule has 0 radical (unpaired) electrons. The van der Waals surface area contributed by atoms with Gasteiger partial charge in [-0.1, -0.05) is 12.1 Å². The van der Waals surface area contributed by atoms with Crippen molar-refractivity contribution in [2.75, 3.05) is 13.2 Å². The molecule has 1 aliphatic heterocycles. The number of benzene rings is 1. The number of aryl methyl sites for hydroxylation is 1. The summed E-state index contributed by atoms with van der Waals surface area (Å²) in [6, 6.07) is 5.78. The highest BCUT2D eigenvalue weighted by Gasteiger charge is 2.52. The molecular formula is C20H23F2N3O5S. The molecule has 0 aliphatic carbocycles. The average Bonchev–Trinajstić information content (AvgIpc) is 2.77. The Kier molecular flexibility index (Phi) is 6.68. The quantitative estimate of drug-likeness (QED) is 0.487. The number of sulfone groups is 1. The number of alkyl halides is 2. The lowest BCUT2D eigenvalue weighted by molar-refractivity contribution is -0.134. The summed E-state index contributed by atoms with van der Waals surface area (Å²) in [6.45, 7) is 1.01. The first-order valence-electron chi connectivity index (χ1n) is 9.65. The fourth-order valence-electron chi connectivity index (χ4n) is 3.43. The first-order valence-corrected chi connectivity index (χ1v) is 11.1. The fraction of sp³-hybridized carbons (Fsp3) is 0.450. The van der Waals surface area contributed by atoms with Crippen molar-refractivity contribution in [1.29, 1.82) is 0 Å². The highest BCUT2D eigenvalue weighted by molar-refractivity contribution is 7.93. The standard InChI is InChI=1S/C20H23F2N3O5S/c1-19(21,22)7-6-15-12-24-17(13-23-15)14-2-4-16(5-3-14)31(28,29)20(18(26)25-27)8-10-30-11-9-20/h2-5,12-13,27H,6-11H2,1H3,(H,25,26). The minimum absolute atomic E-state index is 0.0727. The van der Waals surface area contributed by atoms with Crippen LogP contribution in [0.3, 0.4) is 0 Å². The Bertz CT molecular complexity index is 1020. The van der Waals surface area contributed by atoms with Crippen molar-refractivity contribution in [2.24, 2.45) is 0 Å². The van der Waals surface area contributed by atoms with Gasteiger partial charge in [0.15, 0.2) is 14.6 Å². The van der Waals surface area contributed by atoms with Gasteiger partial charge in [-0.3, -0.25) is 20.0 Å². The number of hydroxylamine groups is 1. The van der Waals surface area contributed by atoms with E-state index in [2.05, 4.69) is 9.97 Å². The van der Waals surface area contributed by atoms with E-state index in [9.17, 15) is 22.0 Å². The molecule has 168 valence electrons. The van der Waals surface area contributed by atoms with Gasteiger partial charge in [0.2, 0.25) is 5.92 Å². The van der Waals surface area contributed by atoms with Crippen LogP contribution in [0.4, 0.5) is 8.78 Å². The number of nitrogens with zero attached hydrogens (tertiary/aromatic N) is 2. The van der Waals surface area contributed by atoms with Crippen molar-refractivity contribution in [1.82, 2.24) is 15.4 Å². The summed E-state index contributed by atoms with van der Waals surface area (Å²) in [6.07, 6.45) is 2.45. The van der Waals surface area contributed by atoms with Crippen LogP contribution in [0.2, 0.25) is 0 Å². The van der Waals surface area contributed by atoms with Crippen molar-refractivity contribution in [2.45, 2.75) is 48.2 Å². The van der Waals surface area contributed by atoms with Gasteiger partial charge in [-0.05, 0) is 38.3 Å². The predicted octanol–water partition coefficient (Wildman–Crippen LogP) is 2.56. The maximum Gasteiger partial charge on any atom is 0.265 e. The molecule has 2 aromatic rings. The third-order valence-corrected chi connectivity index (χ3v) is 7.83. The number of aromatic nitrogens is 2. The van der Waals surface area contributed by atoms with Gasteiger partial charge in [-0.25, -0.2) is 22.7 Å². The molecule has 0 saturated carbocycles. The van der Waals surface area contributed by atoms with Crippen molar-refractivity contribution < 1.29 is 31.9 Å².